The third-order valence-electron chi connectivity index (χ3n) is 3.83. The summed E-state index contributed by atoms with van der Waals surface area (Å²) < 4.78 is 6.83. The Morgan fingerprint density at radius 1 is 1.38 bits per heavy atom. The molecular weight excluding hydrogens is 272 g/mol. The molecule has 1 N–H and O–H groups in total. The summed E-state index contributed by atoms with van der Waals surface area (Å²) in [5, 5.41) is 14.8. The molecule has 2 heterocycles. The number of rotatable bonds is 3. The van der Waals surface area contributed by atoms with Gasteiger partial charge in [-0.2, -0.15) is 5.10 Å². The summed E-state index contributed by atoms with van der Waals surface area (Å²) in [4.78, 5) is 15.2. The van der Waals surface area contributed by atoms with E-state index < -0.39 is 12.3 Å². The standard InChI is InChI=1S/C14H24N4O3/c1-14(2,3)10-7-11(15-17(10)5)18-12(19)9(8-21-6)16(4)13(18)20/h7,9,12,19H,8H2,1-6H3. The molecule has 1 aliphatic rings. The number of aryl methyl sites for hydroxylation is 1. The molecule has 2 unspecified atom stereocenters. The lowest BCUT2D eigenvalue weighted by Crippen LogP contribution is -2.39. The summed E-state index contributed by atoms with van der Waals surface area (Å²) in [7, 11) is 5.04. The van der Waals surface area contributed by atoms with Crippen LogP contribution < -0.4 is 4.90 Å². The molecule has 7 nitrogen and oxygen atoms in total. The van der Waals surface area contributed by atoms with Crippen molar-refractivity contribution in [2.45, 2.75) is 38.5 Å². The van der Waals surface area contributed by atoms with Crippen molar-refractivity contribution in [1.82, 2.24) is 14.7 Å². The van der Waals surface area contributed by atoms with Crippen molar-refractivity contribution in [1.29, 1.82) is 0 Å². The Morgan fingerprint density at radius 3 is 2.48 bits per heavy atom. The molecule has 2 amide bonds. The maximum absolute atomic E-state index is 12.4. The van der Waals surface area contributed by atoms with Crippen LogP contribution in [0.4, 0.5) is 10.6 Å². The molecule has 0 saturated carbocycles. The average Bonchev–Trinajstić information content (AvgIpc) is 2.84. The van der Waals surface area contributed by atoms with Gasteiger partial charge in [0.2, 0.25) is 0 Å². The smallest absolute Gasteiger partial charge is 0.328 e. The number of likely N-dealkylation sites (N-methyl/N-ethyl adjacent to an activating group) is 1. The maximum Gasteiger partial charge on any atom is 0.328 e. The zero-order valence-corrected chi connectivity index (χ0v) is 13.5. The second kappa shape index (κ2) is 5.31. The number of ether oxygens (including phenoxy) is 1. The van der Waals surface area contributed by atoms with Crippen LogP contribution in [0.2, 0.25) is 0 Å². The summed E-state index contributed by atoms with van der Waals surface area (Å²) in [5.74, 6) is 0.463. The maximum atomic E-state index is 12.4. The van der Waals surface area contributed by atoms with Crippen LogP contribution in [0.3, 0.4) is 0 Å². The van der Waals surface area contributed by atoms with E-state index in [1.165, 1.54) is 9.80 Å². The Hall–Kier alpha value is -1.60. The number of carbonyl (C=O) groups excluding carboxylic acids is 1. The molecule has 118 valence electrons. The molecule has 0 spiro atoms. The van der Waals surface area contributed by atoms with E-state index in [4.69, 9.17) is 4.74 Å². The molecule has 0 aromatic carbocycles. The number of hydrogen-bond donors (Lipinski definition) is 1. The van der Waals surface area contributed by atoms with Gasteiger partial charge >= 0.3 is 6.03 Å². The van der Waals surface area contributed by atoms with Crippen LogP contribution in [0.15, 0.2) is 6.07 Å². The summed E-state index contributed by atoms with van der Waals surface area (Å²) in [6, 6.07) is 1.18. The highest BCUT2D eigenvalue weighted by atomic mass is 16.5. The number of aromatic nitrogens is 2. The van der Waals surface area contributed by atoms with Crippen LogP contribution >= 0.6 is 0 Å². The Morgan fingerprint density at radius 2 is 2.00 bits per heavy atom. The molecule has 21 heavy (non-hydrogen) atoms. The predicted molar refractivity (Wildman–Crippen MR) is 79.2 cm³/mol. The second-order valence-electron chi connectivity index (χ2n) is 6.46. The highest BCUT2D eigenvalue weighted by Crippen LogP contribution is 2.30. The molecule has 1 aromatic rings. The van der Waals surface area contributed by atoms with Crippen LogP contribution in [-0.4, -0.2) is 58.9 Å². The van der Waals surface area contributed by atoms with Gasteiger partial charge in [-0.1, -0.05) is 20.8 Å². The summed E-state index contributed by atoms with van der Waals surface area (Å²) in [6.45, 7) is 6.51. The van der Waals surface area contributed by atoms with Gasteiger partial charge in [0.25, 0.3) is 0 Å². The summed E-state index contributed by atoms with van der Waals surface area (Å²) >= 11 is 0. The highest BCUT2D eigenvalue weighted by molar-refractivity contribution is 5.94. The molecular formula is C14H24N4O3. The molecule has 2 atom stereocenters. The Kier molecular flexibility index (Phi) is 3.99. The van der Waals surface area contributed by atoms with Crippen LogP contribution in [-0.2, 0) is 17.2 Å². The van der Waals surface area contributed by atoms with Crippen molar-refractivity contribution in [3.8, 4) is 0 Å². The van der Waals surface area contributed by atoms with Crippen molar-refractivity contribution in [3.05, 3.63) is 11.8 Å². The SMILES string of the molecule is COCC1C(O)N(c2cc(C(C)(C)C)n(C)n2)C(=O)N1C. The number of urea groups is 1. The zero-order valence-electron chi connectivity index (χ0n) is 13.5. The van der Waals surface area contributed by atoms with Crippen molar-refractivity contribution in [2.24, 2.45) is 7.05 Å². The summed E-state index contributed by atoms with van der Waals surface area (Å²) in [6.07, 6.45) is -0.967. The van der Waals surface area contributed by atoms with Gasteiger partial charge in [-0.25, -0.2) is 9.69 Å². The number of carbonyl (C=O) groups is 1. The van der Waals surface area contributed by atoms with E-state index in [2.05, 4.69) is 25.9 Å². The van der Waals surface area contributed by atoms with Crippen LogP contribution in [0.1, 0.15) is 26.5 Å². The van der Waals surface area contributed by atoms with Gasteiger partial charge in [0.05, 0.1) is 6.61 Å². The fourth-order valence-electron chi connectivity index (χ4n) is 2.67. The molecule has 1 fully saturated rings. The van der Waals surface area contributed by atoms with Crippen molar-refractivity contribution < 1.29 is 14.6 Å². The Balaban J connectivity index is 2.36. The largest absolute Gasteiger partial charge is 0.382 e. The number of hydrogen-bond acceptors (Lipinski definition) is 4. The third kappa shape index (κ3) is 2.63. The van der Waals surface area contributed by atoms with Crippen molar-refractivity contribution in [2.75, 3.05) is 25.7 Å². The quantitative estimate of drug-likeness (QED) is 0.900. The number of methoxy groups -OCH3 is 1. The van der Waals surface area contributed by atoms with Gasteiger partial charge in [0, 0.05) is 38.4 Å². The summed E-state index contributed by atoms with van der Waals surface area (Å²) in [5.41, 5.74) is 0.904. The molecule has 0 bridgehead atoms. The molecule has 1 aliphatic heterocycles. The lowest BCUT2D eigenvalue weighted by Gasteiger charge is -2.20. The molecule has 1 saturated heterocycles. The minimum atomic E-state index is -0.967. The molecule has 2 rings (SSSR count). The number of nitrogens with zero attached hydrogens (tertiary/aromatic N) is 4. The minimum absolute atomic E-state index is 0.0917. The number of anilines is 1. The first-order chi connectivity index (χ1) is 9.68. The number of aliphatic hydroxyl groups excluding tert-OH is 1. The molecule has 7 heteroatoms. The van der Waals surface area contributed by atoms with Crippen LogP contribution in [0.25, 0.3) is 0 Å². The van der Waals surface area contributed by atoms with Gasteiger partial charge < -0.3 is 14.7 Å². The van der Waals surface area contributed by atoms with Gasteiger partial charge in [-0.15, -0.1) is 0 Å². The fourth-order valence-corrected chi connectivity index (χ4v) is 2.67. The van der Waals surface area contributed by atoms with Crippen molar-refractivity contribution in [3.63, 3.8) is 0 Å². The van der Waals surface area contributed by atoms with Gasteiger partial charge in [0.15, 0.2) is 12.0 Å². The van der Waals surface area contributed by atoms with Gasteiger partial charge in [-0.05, 0) is 0 Å². The monoisotopic (exact) mass is 296 g/mol. The Bertz CT molecular complexity index is 535. The zero-order chi connectivity index (χ0) is 15.9. The third-order valence-corrected chi connectivity index (χ3v) is 3.83. The van der Waals surface area contributed by atoms with Gasteiger partial charge in [-0.3, -0.25) is 4.68 Å². The topological polar surface area (TPSA) is 70.8 Å². The van der Waals surface area contributed by atoms with E-state index in [0.717, 1.165) is 5.69 Å². The molecule has 0 radical (unpaired) electrons. The predicted octanol–water partition coefficient (Wildman–Crippen LogP) is 0.923. The second-order valence-corrected chi connectivity index (χ2v) is 6.46. The lowest BCUT2D eigenvalue weighted by atomic mass is 9.92. The number of amides is 2. The minimum Gasteiger partial charge on any atom is -0.382 e. The number of aliphatic hydroxyl groups is 1. The van der Waals surface area contributed by atoms with E-state index in [-0.39, 0.29) is 18.1 Å². The Labute approximate surface area is 125 Å². The first kappa shape index (κ1) is 15.8. The van der Waals surface area contributed by atoms with E-state index in [1.54, 1.807) is 18.8 Å². The van der Waals surface area contributed by atoms with Crippen LogP contribution in [0, 0.1) is 0 Å². The average molecular weight is 296 g/mol. The van der Waals surface area contributed by atoms with Crippen molar-refractivity contribution >= 4 is 11.8 Å². The highest BCUT2D eigenvalue weighted by Gasteiger charge is 2.45. The van der Waals surface area contributed by atoms with E-state index in [9.17, 15) is 9.90 Å². The fraction of sp³-hybridized carbons (Fsp3) is 0.714. The van der Waals surface area contributed by atoms with E-state index >= 15 is 0 Å². The van der Waals surface area contributed by atoms with E-state index in [0.29, 0.717) is 5.82 Å². The first-order valence-electron chi connectivity index (χ1n) is 6.96. The van der Waals surface area contributed by atoms with Gasteiger partial charge in [0.1, 0.15) is 6.04 Å². The lowest BCUT2D eigenvalue weighted by molar-refractivity contribution is 0.0632. The van der Waals surface area contributed by atoms with E-state index in [1.807, 2.05) is 13.1 Å². The normalized spacial score (nSPS) is 23.3. The molecule has 1 aromatic heterocycles. The molecule has 0 aliphatic carbocycles. The van der Waals surface area contributed by atoms with Crippen LogP contribution in [0.5, 0.6) is 0 Å². The first-order valence-corrected chi connectivity index (χ1v) is 6.96.